The van der Waals surface area contributed by atoms with E-state index in [1.807, 2.05) is 6.07 Å². The third-order valence-corrected chi connectivity index (χ3v) is 3.96. The highest BCUT2D eigenvalue weighted by atomic mass is 32.2. The van der Waals surface area contributed by atoms with Crippen LogP contribution in [0.2, 0.25) is 0 Å². The number of benzene rings is 2. The second-order valence-electron chi connectivity index (χ2n) is 4.08. The third kappa shape index (κ3) is 3.30. The first kappa shape index (κ1) is 13.0. The average molecular weight is 257 g/mol. The Hall–Kier alpha value is -1.41. The van der Waals surface area contributed by atoms with E-state index in [0.29, 0.717) is 0 Å². The first-order chi connectivity index (χ1) is 8.83. The molecule has 0 aliphatic rings. The molecule has 0 amide bonds. The largest absolute Gasteiger partial charge is 0.372 e. The molecule has 0 saturated heterocycles. The van der Waals surface area contributed by atoms with Gasteiger partial charge in [0.15, 0.2) is 0 Å². The lowest BCUT2D eigenvalue weighted by molar-refractivity contribution is 0.865. The molecule has 2 rings (SSSR count). The number of rotatable bonds is 5. The van der Waals surface area contributed by atoms with Crippen molar-refractivity contribution in [3.05, 3.63) is 54.6 Å². The van der Waals surface area contributed by atoms with Crippen molar-refractivity contribution in [2.24, 2.45) is 0 Å². The summed E-state index contributed by atoms with van der Waals surface area (Å²) in [6, 6.07) is 19.3. The van der Waals surface area contributed by atoms with E-state index >= 15 is 0 Å². The van der Waals surface area contributed by atoms with Gasteiger partial charge in [-0.1, -0.05) is 30.0 Å². The standard InChI is InChI=1S/C16H19NS/c1-3-17(4-2)14-10-12-16(13-11-14)18-15-8-6-5-7-9-15/h5-13H,3-4H2,1-2H3. The Balaban J connectivity index is 2.08. The number of nitrogens with zero attached hydrogens (tertiary/aromatic N) is 1. The van der Waals surface area contributed by atoms with Crippen LogP contribution >= 0.6 is 11.8 Å². The first-order valence-electron chi connectivity index (χ1n) is 6.41. The van der Waals surface area contributed by atoms with Gasteiger partial charge in [-0.25, -0.2) is 0 Å². The van der Waals surface area contributed by atoms with Crippen LogP contribution in [-0.2, 0) is 0 Å². The van der Waals surface area contributed by atoms with E-state index in [0.717, 1.165) is 13.1 Å². The topological polar surface area (TPSA) is 3.24 Å². The molecule has 94 valence electrons. The molecule has 0 aromatic heterocycles. The zero-order valence-corrected chi connectivity index (χ0v) is 11.8. The molecule has 0 spiro atoms. The van der Waals surface area contributed by atoms with Gasteiger partial charge in [-0.2, -0.15) is 0 Å². The third-order valence-electron chi connectivity index (χ3n) is 2.94. The van der Waals surface area contributed by atoms with E-state index in [4.69, 9.17) is 0 Å². The predicted molar refractivity (Wildman–Crippen MR) is 80.6 cm³/mol. The summed E-state index contributed by atoms with van der Waals surface area (Å²) >= 11 is 1.80. The van der Waals surface area contributed by atoms with Gasteiger partial charge in [-0.3, -0.25) is 0 Å². The molecule has 0 aliphatic carbocycles. The molecule has 0 bridgehead atoms. The van der Waals surface area contributed by atoms with E-state index in [1.54, 1.807) is 11.8 Å². The fourth-order valence-electron chi connectivity index (χ4n) is 1.94. The Morgan fingerprint density at radius 3 is 1.89 bits per heavy atom. The molecule has 0 fully saturated rings. The van der Waals surface area contributed by atoms with Crippen molar-refractivity contribution in [3.63, 3.8) is 0 Å². The van der Waals surface area contributed by atoms with E-state index in [-0.39, 0.29) is 0 Å². The van der Waals surface area contributed by atoms with Gasteiger partial charge in [-0.05, 0) is 50.2 Å². The summed E-state index contributed by atoms with van der Waals surface area (Å²) in [6.45, 7) is 6.50. The van der Waals surface area contributed by atoms with Crippen LogP contribution in [0.1, 0.15) is 13.8 Å². The van der Waals surface area contributed by atoms with E-state index in [9.17, 15) is 0 Å². The van der Waals surface area contributed by atoms with E-state index < -0.39 is 0 Å². The molecule has 0 atom stereocenters. The van der Waals surface area contributed by atoms with Gasteiger partial charge >= 0.3 is 0 Å². The number of hydrogen-bond donors (Lipinski definition) is 0. The summed E-state index contributed by atoms with van der Waals surface area (Å²) in [7, 11) is 0. The lowest BCUT2D eigenvalue weighted by Crippen LogP contribution is -2.21. The van der Waals surface area contributed by atoms with Crippen molar-refractivity contribution in [3.8, 4) is 0 Å². The molecule has 2 aromatic carbocycles. The van der Waals surface area contributed by atoms with Crippen LogP contribution in [0, 0.1) is 0 Å². The van der Waals surface area contributed by atoms with Gasteiger partial charge in [0.05, 0.1) is 0 Å². The van der Waals surface area contributed by atoms with Gasteiger partial charge in [0.25, 0.3) is 0 Å². The molecule has 0 heterocycles. The Morgan fingerprint density at radius 1 is 0.778 bits per heavy atom. The van der Waals surface area contributed by atoms with Crippen molar-refractivity contribution in [2.75, 3.05) is 18.0 Å². The fourth-order valence-corrected chi connectivity index (χ4v) is 2.78. The first-order valence-corrected chi connectivity index (χ1v) is 7.23. The molecule has 0 unspecified atom stereocenters. The minimum atomic E-state index is 1.06. The maximum Gasteiger partial charge on any atom is 0.0366 e. The van der Waals surface area contributed by atoms with Crippen molar-refractivity contribution in [1.82, 2.24) is 0 Å². The van der Waals surface area contributed by atoms with Crippen LogP contribution in [0.25, 0.3) is 0 Å². The highest BCUT2D eigenvalue weighted by Crippen LogP contribution is 2.28. The average Bonchev–Trinajstić information content (AvgIpc) is 2.43. The summed E-state index contributed by atoms with van der Waals surface area (Å²) in [4.78, 5) is 4.93. The van der Waals surface area contributed by atoms with Crippen LogP contribution in [0.5, 0.6) is 0 Å². The second kappa shape index (κ2) is 6.50. The SMILES string of the molecule is CCN(CC)c1ccc(Sc2ccccc2)cc1. The van der Waals surface area contributed by atoms with Crippen LogP contribution in [-0.4, -0.2) is 13.1 Å². The van der Waals surface area contributed by atoms with Crippen LogP contribution in [0.15, 0.2) is 64.4 Å². The summed E-state index contributed by atoms with van der Waals surface area (Å²) in [5, 5.41) is 0. The highest BCUT2D eigenvalue weighted by Gasteiger charge is 2.02. The summed E-state index contributed by atoms with van der Waals surface area (Å²) < 4.78 is 0. The van der Waals surface area contributed by atoms with Gasteiger partial charge in [-0.15, -0.1) is 0 Å². The van der Waals surface area contributed by atoms with E-state index in [1.165, 1.54) is 15.5 Å². The molecule has 1 nitrogen and oxygen atoms in total. The maximum absolute atomic E-state index is 2.36. The normalized spacial score (nSPS) is 10.3. The quantitative estimate of drug-likeness (QED) is 0.765. The highest BCUT2D eigenvalue weighted by molar-refractivity contribution is 7.99. The molecule has 0 radical (unpaired) electrons. The fraction of sp³-hybridized carbons (Fsp3) is 0.250. The molecule has 0 saturated carbocycles. The minimum absolute atomic E-state index is 1.06. The Labute approximate surface area is 114 Å². The molecule has 2 aromatic rings. The number of hydrogen-bond acceptors (Lipinski definition) is 2. The zero-order valence-electron chi connectivity index (χ0n) is 11.0. The molecule has 2 heteroatoms. The van der Waals surface area contributed by atoms with Gasteiger partial charge < -0.3 is 4.90 Å². The Kier molecular flexibility index (Phi) is 4.71. The van der Waals surface area contributed by atoms with Crippen molar-refractivity contribution >= 4 is 17.4 Å². The summed E-state index contributed by atoms with van der Waals surface area (Å²) in [6.07, 6.45) is 0. The Morgan fingerprint density at radius 2 is 1.33 bits per heavy atom. The molecule has 0 N–H and O–H groups in total. The lowest BCUT2D eigenvalue weighted by Gasteiger charge is -2.21. The van der Waals surface area contributed by atoms with Crippen LogP contribution < -0.4 is 4.90 Å². The summed E-state index contributed by atoms with van der Waals surface area (Å²) in [5.74, 6) is 0. The molecule has 0 aliphatic heterocycles. The second-order valence-corrected chi connectivity index (χ2v) is 5.23. The smallest absolute Gasteiger partial charge is 0.0366 e. The maximum atomic E-state index is 2.36. The predicted octanol–water partition coefficient (Wildman–Crippen LogP) is 4.68. The van der Waals surface area contributed by atoms with Crippen molar-refractivity contribution < 1.29 is 0 Å². The Bertz CT molecular complexity index is 460. The van der Waals surface area contributed by atoms with Crippen LogP contribution in [0.3, 0.4) is 0 Å². The van der Waals surface area contributed by atoms with Crippen molar-refractivity contribution in [2.45, 2.75) is 23.6 Å². The number of anilines is 1. The van der Waals surface area contributed by atoms with Crippen LogP contribution in [0.4, 0.5) is 5.69 Å². The lowest BCUT2D eigenvalue weighted by atomic mass is 10.3. The molecule has 18 heavy (non-hydrogen) atoms. The monoisotopic (exact) mass is 257 g/mol. The summed E-state index contributed by atoms with van der Waals surface area (Å²) in [5.41, 5.74) is 1.30. The van der Waals surface area contributed by atoms with Gasteiger partial charge in [0, 0.05) is 28.6 Å². The minimum Gasteiger partial charge on any atom is -0.372 e. The molecular formula is C16H19NS. The van der Waals surface area contributed by atoms with Gasteiger partial charge in [0.1, 0.15) is 0 Å². The molecular weight excluding hydrogens is 238 g/mol. The van der Waals surface area contributed by atoms with Gasteiger partial charge in [0.2, 0.25) is 0 Å². The van der Waals surface area contributed by atoms with E-state index in [2.05, 4.69) is 67.3 Å². The zero-order chi connectivity index (χ0) is 12.8. The van der Waals surface area contributed by atoms with Crippen molar-refractivity contribution in [1.29, 1.82) is 0 Å².